The molecule has 1 heterocycles. The first-order valence-corrected chi connectivity index (χ1v) is 7.75. The summed E-state index contributed by atoms with van der Waals surface area (Å²) in [5.41, 5.74) is 2.33. The Bertz CT molecular complexity index is 664. The zero-order valence-electron chi connectivity index (χ0n) is 11.1. The van der Waals surface area contributed by atoms with Gasteiger partial charge < -0.3 is 0 Å². The monoisotopic (exact) mass is 307 g/mol. The molecule has 0 radical (unpaired) electrons. The highest BCUT2D eigenvalue weighted by Crippen LogP contribution is 2.39. The maximum absolute atomic E-state index is 11.3. The largest absolute Gasteiger partial charge is 0.294 e. The van der Waals surface area contributed by atoms with Crippen molar-refractivity contribution in [1.29, 1.82) is 0 Å². The van der Waals surface area contributed by atoms with Crippen LogP contribution in [0.5, 0.6) is 0 Å². The quantitative estimate of drug-likeness (QED) is 0.354. The lowest BCUT2D eigenvalue weighted by atomic mass is 10.1. The Morgan fingerprint density at radius 1 is 1.40 bits per heavy atom. The van der Waals surface area contributed by atoms with E-state index in [1.807, 2.05) is 31.2 Å². The second kappa shape index (κ2) is 6.19. The number of aryl methyl sites for hydroxylation is 1. The molecule has 0 aliphatic heterocycles. The van der Waals surface area contributed by atoms with Crippen LogP contribution < -0.4 is 0 Å². The molecule has 0 atom stereocenters. The minimum absolute atomic E-state index is 0.0267. The average molecular weight is 307 g/mol. The molecule has 2 aromatic rings. The number of hydrogen-bond acceptors (Lipinski definition) is 5. The molecule has 0 unspecified atom stereocenters. The number of thiophene rings is 1. The first kappa shape index (κ1) is 14.7. The summed E-state index contributed by atoms with van der Waals surface area (Å²) < 4.78 is 0.587. The van der Waals surface area contributed by atoms with Crippen molar-refractivity contribution in [3.05, 3.63) is 56.5 Å². The lowest BCUT2D eigenvalue weighted by molar-refractivity contribution is -0.387. The number of thioether (sulfide) groups is 1. The summed E-state index contributed by atoms with van der Waals surface area (Å²) in [4.78, 5) is 22.4. The SMILES string of the molecule is CC(=O)c1cc([N+](=O)[O-])c(SCc2ccccc2C)s1. The molecule has 0 aliphatic carbocycles. The molecule has 0 saturated carbocycles. The Morgan fingerprint density at radius 2 is 2.10 bits per heavy atom. The lowest BCUT2D eigenvalue weighted by Crippen LogP contribution is -1.89. The van der Waals surface area contributed by atoms with Crippen LogP contribution in [0.3, 0.4) is 0 Å². The van der Waals surface area contributed by atoms with E-state index >= 15 is 0 Å². The average Bonchev–Trinajstić information content (AvgIpc) is 2.82. The molecular weight excluding hydrogens is 294 g/mol. The molecule has 0 fully saturated rings. The molecule has 0 saturated heterocycles. The van der Waals surface area contributed by atoms with Crippen molar-refractivity contribution in [2.75, 3.05) is 0 Å². The number of nitro groups is 1. The minimum atomic E-state index is -0.427. The van der Waals surface area contributed by atoms with Crippen molar-refractivity contribution in [1.82, 2.24) is 0 Å². The number of carbonyl (C=O) groups excluding carboxylic acids is 1. The molecule has 20 heavy (non-hydrogen) atoms. The predicted molar refractivity (Wildman–Crippen MR) is 81.7 cm³/mol. The number of benzene rings is 1. The van der Waals surface area contributed by atoms with Crippen LogP contribution >= 0.6 is 23.1 Å². The van der Waals surface area contributed by atoms with E-state index in [-0.39, 0.29) is 11.5 Å². The predicted octanol–water partition coefficient (Wildman–Crippen LogP) is 4.46. The van der Waals surface area contributed by atoms with Gasteiger partial charge in [0.05, 0.1) is 9.80 Å². The van der Waals surface area contributed by atoms with Gasteiger partial charge in [0, 0.05) is 11.8 Å². The van der Waals surface area contributed by atoms with Gasteiger partial charge in [0.2, 0.25) is 0 Å². The van der Waals surface area contributed by atoms with E-state index in [9.17, 15) is 14.9 Å². The molecule has 1 aromatic heterocycles. The molecule has 2 rings (SSSR count). The van der Waals surface area contributed by atoms with Gasteiger partial charge in [-0.2, -0.15) is 0 Å². The number of rotatable bonds is 5. The van der Waals surface area contributed by atoms with Crippen molar-refractivity contribution in [3.8, 4) is 0 Å². The van der Waals surface area contributed by atoms with Gasteiger partial charge in [-0.1, -0.05) is 24.3 Å². The Balaban J connectivity index is 2.23. The third-order valence-electron chi connectivity index (χ3n) is 2.84. The van der Waals surface area contributed by atoms with E-state index < -0.39 is 4.92 Å². The van der Waals surface area contributed by atoms with Crippen LogP contribution in [-0.2, 0) is 5.75 Å². The first-order valence-electron chi connectivity index (χ1n) is 5.95. The number of ketones is 1. The maximum Gasteiger partial charge on any atom is 0.294 e. The number of hydrogen-bond donors (Lipinski definition) is 0. The van der Waals surface area contributed by atoms with Crippen LogP contribution in [0.15, 0.2) is 34.5 Å². The second-order valence-electron chi connectivity index (χ2n) is 4.31. The molecule has 0 N–H and O–H groups in total. The fourth-order valence-corrected chi connectivity index (χ4v) is 4.01. The first-order chi connectivity index (χ1) is 9.49. The molecule has 0 amide bonds. The minimum Gasteiger partial charge on any atom is -0.294 e. The summed E-state index contributed by atoms with van der Waals surface area (Å²) in [6, 6.07) is 9.30. The highest BCUT2D eigenvalue weighted by atomic mass is 32.2. The van der Waals surface area contributed by atoms with Crippen LogP contribution in [-0.4, -0.2) is 10.7 Å². The Kier molecular flexibility index (Phi) is 4.57. The Labute approximate surface area is 125 Å². The summed E-state index contributed by atoms with van der Waals surface area (Å²) >= 11 is 2.60. The third kappa shape index (κ3) is 3.26. The zero-order chi connectivity index (χ0) is 14.7. The zero-order valence-corrected chi connectivity index (χ0v) is 12.7. The summed E-state index contributed by atoms with van der Waals surface area (Å²) in [5, 5.41) is 11.0. The van der Waals surface area contributed by atoms with E-state index in [0.717, 1.165) is 11.1 Å². The van der Waals surface area contributed by atoms with Gasteiger partial charge in [0.1, 0.15) is 4.21 Å². The molecule has 0 bridgehead atoms. The highest BCUT2D eigenvalue weighted by Gasteiger charge is 2.21. The summed E-state index contributed by atoms with van der Waals surface area (Å²) in [6.45, 7) is 3.44. The molecule has 104 valence electrons. The van der Waals surface area contributed by atoms with E-state index in [1.54, 1.807) is 0 Å². The van der Waals surface area contributed by atoms with Crippen molar-refractivity contribution in [3.63, 3.8) is 0 Å². The summed E-state index contributed by atoms with van der Waals surface area (Å²) in [5.74, 6) is 0.520. The van der Waals surface area contributed by atoms with Crippen LogP contribution in [0, 0.1) is 17.0 Å². The standard InChI is InChI=1S/C14H13NO3S2/c1-9-5-3-4-6-11(9)8-19-14-12(15(17)18)7-13(20-14)10(2)16/h3-7H,8H2,1-2H3. The highest BCUT2D eigenvalue weighted by molar-refractivity contribution is 8.00. The number of nitrogens with zero attached hydrogens (tertiary/aromatic N) is 1. The molecule has 4 nitrogen and oxygen atoms in total. The van der Waals surface area contributed by atoms with Gasteiger partial charge in [0.15, 0.2) is 5.78 Å². The van der Waals surface area contributed by atoms with Gasteiger partial charge in [-0.25, -0.2) is 0 Å². The molecule has 6 heteroatoms. The van der Waals surface area contributed by atoms with Crippen molar-refractivity contribution < 1.29 is 9.72 Å². The van der Waals surface area contributed by atoms with Gasteiger partial charge in [-0.15, -0.1) is 23.1 Å². The van der Waals surface area contributed by atoms with Gasteiger partial charge >= 0.3 is 0 Å². The molecular formula is C14H13NO3S2. The Hall–Kier alpha value is -1.66. The molecule has 0 aliphatic rings. The maximum atomic E-state index is 11.3. The summed E-state index contributed by atoms with van der Waals surface area (Å²) in [6.07, 6.45) is 0. The van der Waals surface area contributed by atoms with Crippen LogP contribution in [0.4, 0.5) is 5.69 Å². The normalized spacial score (nSPS) is 10.5. The van der Waals surface area contributed by atoms with Crippen LogP contribution in [0.1, 0.15) is 27.7 Å². The van der Waals surface area contributed by atoms with Crippen LogP contribution in [0.25, 0.3) is 0 Å². The fraction of sp³-hybridized carbons (Fsp3) is 0.214. The van der Waals surface area contributed by atoms with Gasteiger partial charge in [-0.3, -0.25) is 14.9 Å². The molecule has 0 spiro atoms. The Morgan fingerprint density at radius 3 is 2.70 bits per heavy atom. The van der Waals surface area contributed by atoms with Gasteiger partial charge in [-0.05, 0) is 25.0 Å². The van der Waals surface area contributed by atoms with Crippen molar-refractivity contribution in [2.45, 2.75) is 23.8 Å². The van der Waals surface area contributed by atoms with Crippen LogP contribution in [0.2, 0.25) is 0 Å². The molecule has 1 aromatic carbocycles. The van der Waals surface area contributed by atoms with E-state index in [1.165, 1.54) is 36.1 Å². The van der Waals surface area contributed by atoms with E-state index in [2.05, 4.69) is 0 Å². The lowest BCUT2D eigenvalue weighted by Gasteiger charge is -2.03. The number of carbonyl (C=O) groups is 1. The number of Topliss-reactive ketones (excluding diaryl/α,β-unsaturated/α-hetero) is 1. The second-order valence-corrected chi connectivity index (χ2v) is 6.61. The van der Waals surface area contributed by atoms with E-state index in [4.69, 9.17) is 0 Å². The third-order valence-corrected chi connectivity index (χ3v) is 5.39. The topological polar surface area (TPSA) is 60.2 Å². The van der Waals surface area contributed by atoms with Crippen molar-refractivity contribution in [2.24, 2.45) is 0 Å². The fourth-order valence-electron chi connectivity index (χ4n) is 1.68. The summed E-state index contributed by atoms with van der Waals surface area (Å²) in [7, 11) is 0. The van der Waals surface area contributed by atoms with Gasteiger partial charge in [0.25, 0.3) is 5.69 Å². The smallest absolute Gasteiger partial charge is 0.294 e. The van der Waals surface area contributed by atoms with E-state index in [0.29, 0.717) is 14.8 Å². The van der Waals surface area contributed by atoms with Crippen molar-refractivity contribution >= 4 is 34.6 Å².